The van der Waals surface area contributed by atoms with Gasteiger partial charge in [0, 0.05) is 52.0 Å². The molecular formula is C19H32N8. The Morgan fingerprint density at radius 3 is 2.52 bits per heavy atom. The highest BCUT2D eigenvalue weighted by molar-refractivity contribution is 5.46. The van der Waals surface area contributed by atoms with Gasteiger partial charge in [0.1, 0.15) is 18.0 Å². The number of rotatable bonds is 7. The Bertz CT molecular complexity index is 733. The van der Waals surface area contributed by atoms with E-state index in [1.54, 1.807) is 6.33 Å². The van der Waals surface area contributed by atoms with Crippen molar-refractivity contribution in [3.63, 3.8) is 0 Å². The van der Waals surface area contributed by atoms with Crippen LogP contribution in [0.25, 0.3) is 0 Å². The lowest BCUT2D eigenvalue weighted by Crippen LogP contribution is -2.44. The number of aromatic nitrogens is 5. The van der Waals surface area contributed by atoms with E-state index in [1.807, 2.05) is 30.7 Å². The fraction of sp³-hybridized carbons (Fsp3) is 0.684. The molecule has 0 aromatic carbocycles. The first kappa shape index (κ1) is 19.5. The van der Waals surface area contributed by atoms with E-state index in [1.165, 1.54) is 0 Å². The molecular weight excluding hydrogens is 340 g/mol. The van der Waals surface area contributed by atoms with E-state index in [9.17, 15) is 0 Å². The van der Waals surface area contributed by atoms with Crippen LogP contribution < -0.4 is 15.1 Å². The van der Waals surface area contributed by atoms with Crippen LogP contribution in [0.15, 0.2) is 12.4 Å². The molecule has 0 radical (unpaired) electrons. The van der Waals surface area contributed by atoms with Gasteiger partial charge in [-0.25, -0.2) is 9.97 Å². The van der Waals surface area contributed by atoms with Crippen molar-refractivity contribution in [1.29, 1.82) is 0 Å². The Balaban J connectivity index is 1.63. The summed E-state index contributed by atoms with van der Waals surface area (Å²) in [7, 11) is 5.94. The molecule has 1 fully saturated rings. The maximum Gasteiger partial charge on any atom is 0.227 e. The van der Waals surface area contributed by atoms with E-state index in [4.69, 9.17) is 4.98 Å². The van der Waals surface area contributed by atoms with Gasteiger partial charge in [0.05, 0.1) is 6.04 Å². The molecule has 1 saturated heterocycles. The van der Waals surface area contributed by atoms with Gasteiger partial charge in [-0.2, -0.15) is 10.1 Å². The maximum atomic E-state index is 4.76. The Hall–Kier alpha value is -2.22. The Labute approximate surface area is 162 Å². The van der Waals surface area contributed by atoms with Crippen molar-refractivity contribution in [1.82, 2.24) is 30.0 Å². The van der Waals surface area contributed by atoms with Crippen LogP contribution in [0.1, 0.15) is 50.7 Å². The summed E-state index contributed by atoms with van der Waals surface area (Å²) in [6.07, 6.45) is 5.74. The molecule has 2 aromatic rings. The molecule has 0 saturated carbocycles. The second-order valence-electron chi connectivity index (χ2n) is 7.40. The highest BCUT2D eigenvalue weighted by Crippen LogP contribution is 2.23. The fourth-order valence-corrected chi connectivity index (χ4v) is 3.57. The van der Waals surface area contributed by atoms with Gasteiger partial charge in [-0.05, 0) is 25.7 Å². The Morgan fingerprint density at radius 2 is 1.96 bits per heavy atom. The van der Waals surface area contributed by atoms with E-state index < -0.39 is 0 Å². The molecule has 3 rings (SSSR count). The van der Waals surface area contributed by atoms with Crippen LogP contribution in [-0.4, -0.2) is 58.0 Å². The first-order chi connectivity index (χ1) is 13.0. The van der Waals surface area contributed by atoms with E-state index in [0.717, 1.165) is 62.1 Å². The summed E-state index contributed by atoms with van der Waals surface area (Å²) in [5.41, 5.74) is 1.09. The molecule has 8 nitrogen and oxygen atoms in total. The zero-order valence-corrected chi connectivity index (χ0v) is 17.2. The van der Waals surface area contributed by atoms with Crippen molar-refractivity contribution in [3.05, 3.63) is 23.9 Å². The molecule has 27 heavy (non-hydrogen) atoms. The third-order valence-electron chi connectivity index (χ3n) is 5.24. The first-order valence-corrected chi connectivity index (χ1v) is 9.92. The predicted octanol–water partition coefficient (Wildman–Crippen LogP) is 1.94. The number of nitrogens with one attached hydrogen (secondary N) is 1. The van der Waals surface area contributed by atoms with Crippen LogP contribution in [0, 0.1) is 0 Å². The van der Waals surface area contributed by atoms with Gasteiger partial charge in [0.15, 0.2) is 0 Å². The van der Waals surface area contributed by atoms with E-state index >= 15 is 0 Å². The number of hydrogen-bond acceptors (Lipinski definition) is 7. The molecule has 8 heteroatoms. The predicted molar refractivity (Wildman–Crippen MR) is 108 cm³/mol. The van der Waals surface area contributed by atoms with Gasteiger partial charge in [-0.3, -0.25) is 4.68 Å². The molecule has 0 amide bonds. The van der Waals surface area contributed by atoms with Gasteiger partial charge < -0.3 is 15.1 Å². The molecule has 1 unspecified atom stereocenters. The van der Waals surface area contributed by atoms with Crippen molar-refractivity contribution < 1.29 is 0 Å². The Morgan fingerprint density at radius 1 is 1.22 bits per heavy atom. The molecule has 0 bridgehead atoms. The van der Waals surface area contributed by atoms with Crippen LogP contribution in [0.5, 0.6) is 0 Å². The van der Waals surface area contributed by atoms with Gasteiger partial charge in [-0.1, -0.05) is 13.8 Å². The van der Waals surface area contributed by atoms with Crippen molar-refractivity contribution >= 4 is 11.8 Å². The fourth-order valence-electron chi connectivity index (χ4n) is 3.57. The zero-order chi connectivity index (χ0) is 19.4. The van der Waals surface area contributed by atoms with Gasteiger partial charge in [0.25, 0.3) is 0 Å². The molecule has 0 aliphatic carbocycles. The van der Waals surface area contributed by atoms with Crippen molar-refractivity contribution in [2.24, 2.45) is 7.05 Å². The van der Waals surface area contributed by atoms with Gasteiger partial charge >= 0.3 is 0 Å². The van der Waals surface area contributed by atoms with Crippen molar-refractivity contribution in [2.45, 2.75) is 51.6 Å². The smallest absolute Gasteiger partial charge is 0.227 e. The van der Waals surface area contributed by atoms with Gasteiger partial charge in [-0.15, -0.1) is 0 Å². The highest BCUT2D eigenvalue weighted by Gasteiger charge is 2.25. The molecule has 3 heterocycles. The quantitative estimate of drug-likeness (QED) is 0.796. The number of aryl methyl sites for hydroxylation is 2. The van der Waals surface area contributed by atoms with E-state index in [0.29, 0.717) is 6.04 Å². The van der Waals surface area contributed by atoms with E-state index in [-0.39, 0.29) is 6.04 Å². The largest absolute Gasteiger partial charge is 0.356 e. The monoisotopic (exact) mass is 372 g/mol. The van der Waals surface area contributed by atoms with E-state index in [2.05, 4.69) is 45.2 Å². The summed E-state index contributed by atoms with van der Waals surface area (Å²) in [6.45, 7) is 6.33. The summed E-state index contributed by atoms with van der Waals surface area (Å²) in [4.78, 5) is 18.1. The first-order valence-electron chi connectivity index (χ1n) is 9.92. The summed E-state index contributed by atoms with van der Waals surface area (Å²) < 4.78 is 1.87. The summed E-state index contributed by atoms with van der Waals surface area (Å²) >= 11 is 0. The number of anilines is 2. The van der Waals surface area contributed by atoms with Crippen LogP contribution >= 0.6 is 0 Å². The lowest BCUT2D eigenvalue weighted by atomic mass is 10.0. The molecule has 148 valence electrons. The minimum atomic E-state index is 0.250. The van der Waals surface area contributed by atoms with Crippen LogP contribution in [0.4, 0.5) is 11.8 Å². The minimum Gasteiger partial charge on any atom is -0.356 e. The summed E-state index contributed by atoms with van der Waals surface area (Å²) in [6, 6.07) is 2.87. The summed E-state index contributed by atoms with van der Waals surface area (Å²) in [5, 5.41) is 7.99. The van der Waals surface area contributed by atoms with Gasteiger partial charge in [0.2, 0.25) is 5.95 Å². The lowest BCUT2D eigenvalue weighted by molar-refractivity contribution is 0.349. The standard InChI is InChI=1S/C19H32N8/c1-6-14-12-17(24-19(23-14)25(3)4)27-10-8-15(9-11-27)22-16(7-2)18-20-13-21-26(18)5/h12-13,15-16,22H,6-11H2,1-5H3. The second-order valence-corrected chi connectivity index (χ2v) is 7.40. The Kier molecular flexibility index (Phi) is 6.26. The van der Waals surface area contributed by atoms with Crippen LogP contribution in [0.3, 0.4) is 0 Å². The minimum absolute atomic E-state index is 0.250. The van der Waals surface area contributed by atoms with Crippen LogP contribution in [-0.2, 0) is 13.5 Å². The zero-order valence-electron chi connectivity index (χ0n) is 17.2. The SMILES string of the molecule is CCc1cc(N2CCC(NC(CC)c3ncnn3C)CC2)nc(N(C)C)n1. The number of nitrogens with zero attached hydrogens (tertiary/aromatic N) is 7. The normalized spacial score (nSPS) is 16.6. The van der Waals surface area contributed by atoms with Crippen molar-refractivity contribution in [3.8, 4) is 0 Å². The molecule has 1 N–H and O–H groups in total. The number of hydrogen-bond donors (Lipinski definition) is 1. The highest BCUT2D eigenvalue weighted by atomic mass is 15.3. The molecule has 1 aliphatic heterocycles. The molecule has 1 aliphatic rings. The average Bonchev–Trinajstić information content (AvgIpc) is 3.11. The molecule has 2 aromatic heterocycles. The maximum absolute atomic E-state index is 4.76. The summed E-state index contributed by atoms with van der Waals surface area (Å²) in [5.74, 6) is 2.85. The average molecular weight is 373 g/mol. The topological polar surface area (TPSA) is 75.0 Å². The third-order valence-corrected chi connectivity index (χ3v) is 5.24. The lowest BCUT2D eigenvalue weighted by Gasteiger charge is -2.35. The third kappa shape index (κ3) is 4.55. The second kappa shape index (κ2) is 8.65. The van der Waals surface area contributed by atoms with Crippen LogP contribution in [0.2, 0.25) is 0 Å². The molecule has 1 atom stereocenters. The number of piperidine rings is 1. The molecule has 0 spiro atoms. The van der Waals surface area contributed by atoms with Crippen molar-refractivity contribution in [2.75, 3.05) is 37.0 Å².